The van der Waals surface area contributed by atoms with Gasteiger partial charge in [0, 0.05) is 23.4 Å². The van der Waals surface area contributed by atoms with Crippen molar-refractivity contribution in [3.05, 3.63) is 89.9 Å². The number of likely N-dealkylation sites (N-methyl/N-ethyl adjacent to an activating group) is 1. The number of amides is 2. The SMILES string of the molecule is CCCN(Cc1nc2cc(-c3cnc(-c4ccc(C)c(NC(=O)OC(C)(C)C)c4)o3)ccc2[nH]1)C(=O)[C@@H](c1ccccc1)N(C)C. The normalized spacial score (nSPS) is 12.3. The molecule has 5 aromatic rings. The average Bonchev–Trinajstić information content (AvgIpc) is 3.64. The van der Waals surface area contributed by atoms with Gasteiger partial charge in [0.2, 0.25) is 11.8 Å². The Morgan fingerprint density at radius 3 is 2.46 bits per heavy atom. The van der Waals surface area contributed by atoms with E-state index in [9.17, 15) is 9.59 Å². The number of H-pyrrole nitrogens is 1. The number of carbonyl (C=O) groups is 2. The molecule has 10 heteroatoms. The van der Waals surface area contributed by atoms with Crippen molar-refractivity contribution in [2.45, 2.75) is 59.2 Å². The van der Waals surface area contributed by atoms with E-state index in [0.29, 0.717) is 36.3 Å². The average molecular weight is 623 g/mol. The second-order valence-electron chi connectivity index (χ2n) is 12.6. The van der Waals surface area contributed by atoms with Crippen molar-refractivity contribution in [2.75, 3.05) is 26.0 Å². The summed E-state index contributed by atoms with van der Waals surface area (Å²) in [5.41, 5.74) is 5.03. The van der Waals surface area contributed by atoms with Gasteiger partial charge in [-0.2, -0.15) is 0 Å². The number of ether oxygens (including phenoxy) is 1. The molecule has 0 radical (unpaired) electrons. The largest absolute Gasteiger partial charge is 0.444 e. The van der Waals surface area contributed by atoms with Crippen LogP contribution in [0.5, 0.6) is 0 Å². The lowest BCUT2D eigenvalue weighted by atomic mass is 10.0. The van der Waals surface area contributed by atoms with E-state index in [2.05, 4.69) is 22.2 Å². The molecule has 240 valence electrons. The maximum Gasteiger partial charge on any atom is 0.412 e. The Hall–Kier alpha value is -4.96. The number of hydrogen-bond donors (Lipinski definition) is 2. The number of nitrogens with zero attached hydrogens (tertiary/aromatic N) is 4. The third-order valence-corrected chi connectivity index (χ3v) is 7.45. The van der Waals surface area contributed by atoms with Crippen LogP contribution in [0, 0.1) is 6.92 Å². The van der Waals surface area contributed by atoms with Crippen molar-refractivity contribution in [3.8, 4) is 22.8 Å². The summed E-state index contributed by atoms with van der Waals surface area (Å²) in [6, 6.07) is 20.9. The molecule has 46 heavy (non-hydrogen) atoms. The van der Waals surface area contributed by atoms with Crippen molar-refractivity contribution < 1.29 is 18.7 Å². The Morgan fingerprint density at radius 2 is 1.76 bits per heavy atom. The molecule has 0 saturated carbocycles. The molecule has 0 saturated heterocycles. The van der Waals surface area contributed by atoms with Crippen LogP contribution in [0.3, 0.4) is 0 Å². The van der Waals surface area contributed by atoms with Crippen LogP contribution < -0.4 is 5.32 Å². The highest BCUT2D eigenvalue weighted by Gasteiger charge is 2.28. The maximum atomic E-state index is 13.8. The van der Waals surface area contributed by atoms with Crippen molar-refractivity contribution in [2.24, 2.45) is 0 Å². The molecule has 5 rings (SSSR count). The number of rotatable bonds is 10. The monoisotopic (exact) mass is 622 g/mol. The fraction of sp³-hybridized carbons (Fsp3) is 0.333. The first-order valence-corrected chi connectivity index (χ1v) is 15.5. The fourth-order valence-electron chi connectivity index (χ4n) is 5.32. The molecule has 2 aromatic heterocycles. The number of nitrogens with one attached hydrogen (secondary N) is 2. The van der Waals surface area contributed by atoms with Gasteiger partial charge in [-0.15, -0.1) is 0 Å². The summed E-state index contributed by atoms with van der Waals surface area (Å²) in [7, 11) is 3.85. The number of aryl methyl sites for hydroxylation is 1. The van der Waals surface area contributed by atoms with E-state index in [0.717, 1.165) is 39.7 Å². The van der Waals surface area contributed by atoms with Crippen LogP contribution in [-0.2, 0) is 16.1 Å². The first-order valence-electron chi connectivity index (χ1n) is 15.5. The predicted octanol–water partition coefficient (Wildman–Crippen LogP) is 7.58. The molecular formula is C36H42N6O4. The quantitative estimate of drug-likeness (QED) is 0.165. The molecule has 2 heterocycles. The van der Waals surface area contributed by atoms with Gasteiger partial charge in [0.05, 0.1) is 23.8 Å². The molecule has 0 spiro atoms. The van der Waals surface area contributed by atoms with Crippen LogP contribution >= 0.6 is 0 Å². The first kappa shape index (κ1) is 32.4. The van der Waals surface area contributed by atoms with E-state index in [1.165, 1.54) is 0 Å². The molecule has 0 aliphatic rings. The van der Waals surface area contributed by atoms with Gasteiger partial charge < -0.3 is 19.0 Å². The van der Waals surface area contributed by atoms with E-state index in [1.54, 1.807) is 6.20 Å². The number of carbonyl (C=O) groups excluding carboxylic acids is 2. The number of anilines is 1. The molecule has 2 amide bonds. The molecular weight excluding hydrogens is 580 g/mol. The third kappa shape index (κ3) is 7.63. The Balaban J connectivity index is 1.35. The minimum absolute atomic E-state index is 0.0361. The van der Waals surface area contributed by atoms with Crippen molar-refractivity contribution in [3.63, 3.8) is 0 Å². The van der Waals surface area contributed by atoms with Crippen LogP contribution in [0.25, 0.3) is 33.8 Å². The van der Waals surface area contributed by atoms with Crippen LogP contribution in [0.1, 0.15) is 57.1 Å². The third-order valence-electron chi connectivity index (χ3n) is 7.45. The molecule has 2 N–H and O–H groups in total. The molecule has 0 unspecified atom stereocenters. The number of hydrogen-bond acceptors (Lipinski definition) is 7. The lowest BCUT2D eigenvalue weighted by Crippen LogP contribution is -2.40. The van der Waals surface area contributed by atoms with Crippen LogP contribution in [-0.4, -0.2) is 63.0 Å². The summed E-state index contributed by atoms with van der Waals surface area (Å²) in [6.45, 7) is 10.4. The predicted molar refractivity (Wildman–Crippen MR) is 180 cm³/mol. The van der Waals surface area contributed by atoms with Crippen molar-refractivity contribution in [1.82, 2.24) is 24.8 Å². The number of fused-ring (bicyclic) bond motifs is 1. The Kier molecular flexibility index (Phi) is 9.57. The minimum atomic E-state index is -0.604. The van der Waals surface area contributed by atoms with E-state index in [1.807, 2.05) is 118 Å². The standard InChI is InChI=1S/C36H42N6O4/c1-8-18-42(34(43)32(41(6)7)24-12-10-9-11-13-24)22-31-38-27-17-16-25(19-29(27)39-31)30-21-37-33(45-30)26-15-14-23(2)28(20-26)40-35(44)46-36(3,4)5/h9-17,19-21,32H,8,18,22H2,1-7H3,(H,38,39)(H,40,44)/t32-/m1/s1. The van der Waals surface area contributed by atoms with Crippen LogP contribution in [0.15, 0.2) is 77.3 Å². The molecule has 3 aromatic carbocycles. The highest BCUT2D eigenvalue weighted by atomic mass is 16.6. The summed E-state index contributed by atoms with van der Waals surface area (Å²) < 4.78 is 11.6. The number of aromatic amines is 1. The second kappa shape index (κ2) is 13.6. The first-order chi connectivity index (χ1) is 21.9. The van der Waals surface area contributed by atoms with Gasteiger partial charge in [-0.25, -0.2) is 14.8 Å². The van der Waals surface area contributed by atoms with Crippen molar-refractivity contribution in [1.29, 1.82) is 0 Å². The maximum absolute atomic E-state index is 13.8. The summed E-state index contributed by atoms with van der Waals surface area (Å²) in [4.78, 5) is 42.7. The highest BCUT2D eigenvalue weighted by molar-refractivity contribution is 5.87. The zero-order chi connectivity index (χ0) is 33.0. The van der Waals surface area contributed by atoms with Crippen LogP contribution in [0.2, 0.25) is 0 Å². The van der Waals surface area contributed by atoms with E-state index < -0.39 is 11.7 Å². The molecule has 0 aliphatic heterocycles. The number of aromatic nitrogens is 3. The summed E-state index contributed by atoms with van der Waals surface area (Å²) in [6.07, 6.45) is 1.99. The van der Waals surface area contributed by atoms with E-state index >= 15 is 0 Å². The molecule has 0 fully saturated rings. The Bertz CT molecular complexity index is 1820. The van der Waals surface area contributed by atoms with Gasteiger partial charge in [0.25, 0.3) is 0 Å². The van der Waals surface area contributed by atoms with Gasteiger partial charge in [0.1, 0.15) is 17.5 Å². The summed E-state index contributed by atoms with van der Waals surface area (Å²) >= 11 is 0. The van der Waals surface area contributed by atoms with Crippen LogP contribution in [0.4, 0.5) is 10.5 Å². The lowest BCUT2D eigenvalue weighted by molar-refractivity contribution is -0.137. The second-order valence-corrected chi connectivity index (χ2v) is 12.6. The lowest BCUT2D eigenvalue weighted by Gasteiger charge is -2.30. The smallest absolute Gasteiger partial charge is 0.412 e. The summed E-state index contributed by atoms with van der Waals surface area (Å²) in [5.74, 6) is 1.76. The van der Waals surface area contributed by atoms with Crippen molar-refractivity contribution >= 4 is 28.7 Å². The highest BCUT2D eigenvalue weighted by Crippen LogP contribution is 2.31. The Morgan fingerprint density at radius 1 is 1.02 bits per heavy atom. The molecule has 10 nitrogen and oxygen atoms in total. The van der Waals surface area contributed by atoms with Gasteiger partial charge in [-0.05, 0) is 89.7 Å². The molecule has 0 bridgehead atoms. The fourth-order valence-corrected chi connectivity index (χ4v) is 5.32. The Labute approximate surface area is 269 Å². The number of oxazole rings is 1. The van der Waals surface area contributed by atoms with E-state index in [4.69, 9.17) is 14.1 Å². The van der Waals surface area contributed by atoms with Gasteiger partial charge >= 0.3 is 6.09 Å². The van der Waals surface area contributed by atoms with Gasteiger partial charge in [-0.1, -0.05) is 43.3 Å². The van der Waals surface area contributed by atoms with Gasteiger partial charge in [0.15, 0.2) is 5.76 Å². The number of imidazole rings is 1. The molecule has 0 aliphatic carbocycles. The number of benzene rings is 3. The zero-order valence-corrected chi connectivity index (χ0v) is 27.5. The van der Waals surface area contributed by atoms with Gasteiger partial charge in [-0.3, -0.25) is 15.0 Å². The summed E-state index contributed by atoms with van der Waals surface area (Å²) in [5, 5.41) is 2.82. The topological polar surface area (TPSA) is 117 Å². The molecule has 1 atom stereocenters. The zero-order valence-electron chi connectivity index (χ0n) is 27.5. The van der Waals surface area contributed by atoms with E-state index in [-0.39, 0.29) is 11.9 Å². The minimum Gasteiger partial charge on any atom is -0.444 e.